The Morgan fingerprint density at radius 2 is 2.04 bits per heavy atom. The quantitative estimate of drug-likeness (QED) is 0.839. The molecule has 0 fully saturated rings. The molecule has 2 rings (SSSR count). The third-order valence-corrected chi connectivity index (χ3v) is 2.97. The van der Waals surface area contributed by atoms with Crippen LogP contribution in [0.5, 0.6) is 5.75 Å². The van der Waals surface area contributed by atoms with Gasteiger partial charge < -0.3 is 19.7 Å². The van der Waals surface area contributed by atoms with Crippen LogP contribution in [0, 0.1) is 6.92 Å². The topological polar surface area (TPSA) is 84.6 Å². The number of aromatic nitrogens is 1. The number of amides is 1. The van der Waals surface area contributed by atoms with Crippen molar-refractivity contribution in [3.05, 3.63) is 47.3 Å². The van der Waals surface area contributed by atoms with E-state index < -0.39 is 23.8 Å². The maximum atomic E-state index is 12.4. The van der Waals surface area contributed by atoms with Crippen LogP contribution in [-0.4, -0.2) is 35.4 Å². The van der Waals surface area contributed by atoms with Crippen LogP contribution in [-0.2, 0) is 6.18 Å². The summed E-state index contributed by atoms with van der Waals surface area (Å²) in [5.41, 5.74) is -0.239. The smallest absolute Gasteiger partial charge is 0.416 e. The fourth-order valence-electron chi connectivity index (χ4n) is 1.76. The molecule has 1 aromatic carbocycles. The van der Waals surface area contributed by atoms with E-state index in [0.717, 1.165) is 24.3 Å². The molecule has 0 aliphatic carbocycles. The van der Waals surface area contributed by atoms with Gasteiger partial charge in [0.15, 0.2) is 0 Å². The number of nitrogens with zero attached hydrogens (tertiary/aromatic N) is 1. The number of carbonyl (C=O) groups is 1. The highest BCUT2D eigenvalue weighted by Crippen LogP contribution is 2.30. The summed E-state index contributed by atoms with van der Waals surface area (Å²) in [5, 5.41) is 15.7. The Morgan fingerprint density at radius 1 is 1.38 bits per heavy atom. The van der Waals surface area contributed by atoms with Crippen molar-refractivity contribution in [2.75, 3.05) is 13.2 Å². The normalized spacial score (nSPS) is 12.7. The van der Waals surface area contributed by atoms with Gasteiger partial charge in [-0.3, -0.25) is 4.79 Å². The lowest BCUT2D eigenvalue weighted by atomic mass is 10.2. The zero-order valence-electron chi connectivity index (χ0n) is 12.6. The van der Waals surface area contributed by atoms with Crippen molar-refractivity contribution in [3.8, 4) is 5.75 Å². The van der Waals surface area contributed by atoms with Crippen LogP contribution in [0.4, 0.5) is 13.2 Å². The Balaban J connectivity index is 1.76. The average Bonchev–Trinajstić information content (AvgIpc) is 2.96. The molecule has 0 saturated carbocycles. The fraction of sp³-hybridized carbons (Fsp3) is 0.333. The number of alkyl halides is 3. The molecule has 2 N–H and O–H groups in total. The molecule has 0 aliphatic rings. The first-order valence-electron chi connectivity index (χ1n) is 6.95. The van der Waals surface area contributed by atoms with E-state index in [1.54, 1.807) is 6.92 Å². The minimum atomic E-state index is -4.42. The number of aryl methyl sites for hydroxylation is 1. The summed E-state index contributed by atoms with van der Waals surface area (Å²) in [4.78, 5) is 11.7. The number of hydrogen-bond acceptors (Lipinski definition) is 5. The van der Waals surface area contributed by atoms with Crippen LogP contribution in [0.25, 0.3) is 0 Å². The molecule has 0 radical (unpaired) electrons. The lowest BCUT2D eigenvalue weighted by Crippen LogP contribution is -2.35. The summed E-state index contributed by atoms with van der Waals surface area (Å²) >= 11 is 0. The van der Waals surface area contributed by atoms with Crippen LogP contribution < -0.4 is 10.1 Å². The second kappa shape index (κ2) is 7.35. The fourth-order valence-corrected chi connectivity index (χ4v) is 1.76. The van der Waals surface area contributed by atoms with Gasteiger partial charge in [0.25, 0.3) is 5.91 Å². The highest BCUT2D eigenvalue weighted by Gasteiger charge is 2.30. The summed E-state index contributed by atoms with van der Waals surface area (Å²) < 4.78 is 47.2. The van der Waals surface area contributed by atoms with Crippen molar-refractivity contribution < 1.29 is 32.3 Å². The number of aliphatic hydroxyl groups is 1. The number of aliphatic hydroxyl groups excluding tert-OH is 1. The Morgan fingerprint density at radius 3 is 2.58 bits per heavy atom. The molecule has 0 unspecified atom stereocenters. The van der Waals surface area contributed by atoms with E-state index in [9.17, 15) is 23.1 Å². The average molecular weight is 344 g/mol. The van der Waals surface area contributed by atoms with Crippen molar-refractivity contribution in [3.63, 3.8) is 0 Å². The first kappa shape index (κ1) is 17.8. The Kier molecular flexibility index (Phi) is 5.45. The highest BCUT2D eigenvalue weighted by atomic mass is 19.4. The first-order valence-corrected chi connectivity index (χ1v) is 6.95. The number of rotatable bonds is 6. The molecular weight excluding hydrogens is 329 g/mol. The van der Waals surface area contributed by atoms with Gasteiger partial charge in [0, 0.05) is 12.6 Å². The van der Waals surface area contributed by atoms with Crippen molar-refractivity contribution in [1.29, 1.82) is 0 Å². The van der Waals surface area contributed by atoms with E-state index in [4.69, 9.17) is 9.26 Å². The maximum absolute atomic E-state index is 12.4. The van der Waals surface area contributed by atoms with Gasteiger partial charge in [-0.2, -0.15) is 13.2 Å². The molecule has 9 heteroatoms. The van der Waals surface area contributed by atoms with E-state index >= 15 is 0 Å². The van der Waals surface area contributed by atoms with Gasteiger partial charge in [0.2, 0.25) is 5.76 Å². The molecule has 1 amide bonds. The summed E-state index contributed by atoms with van der Waals surface area (Å²) in [5.74, 6) is -0.341. The SMILES string of the molecule is Cc1cc(C(=O)NC[C@H](O)COc2ccc(C(F)(F)F)cc2)on1. The molecular formula is C15H15F3N2O4. The number of carbonyl (C=O) groups excluding carboxylic acids is 1. The third-order valence-electron chi connectivity index (χ3n) is 2.97. The van der Waals surface area contributed by atoms with E-state index in [-0.39, 0.29) is 24.7 Å². The highest BCUT2D eigenvalue weighted by molar-refractivity contribution is 5.91. The molecule has 1 heterocycles. The summed E-state index contributed by atoms with van der Waals surface area (Å²) in [6.07, 6.45) is -5.46. The van der Waals surface area contributed by atoms with Crippen LogP contribution in [0.3, 0.4) is 0 Å². The number of halogens is 3. The van der Waals surface area contributed by atoms with Crippen molar-refractivity contribution in [2.24, 2.45) is 0 Å². The zero-order chi connectivity index (χ0) is 17.7. The summed E-state index contributed by atoms with van der Waals surface area (Å²) in [6, 6.07) is 5.53. The van der Waals surface area contributed by atoms with E-state index in [1.165, 1.54) is 6.07 Å². The van der Waals surface area contributed by atoms with E-state index in [1.807, 2.05) is 0 Å². The van der Waals surface area contributed by atoms with Gasteiger partial charge in [0.05, 0.1) is 11.3 Å². The second-order valence-corrected chi connectivity index (χ2v) is 5.03. The van der Waals surface area contributed by atoms with Crippen molar-refractivity contribution in [1.82, 2.24) is 10.5 Å². The van der Waals surface area contributed by atoms with E-state index in [2.05, 4.69) is 10.5 Å². The van der Waals surface area contributed by atoms with Crippen LogP contribution in [0.15, 0.2) is 34.9 Å². The molecule has 0 saturated heterocycles. The largest absolute Gasteiger partial charge is 0.491 e. The lowest BCUT2D eigenvalue weighted by molar-refractivity contribution is -0.137. The van der Waals surface area contributed by atoms with Crippen molar-refractivity contribution >= 4 is 5.91 Å². The first-order chi connectivity index (χ1) is 11.3. The Hall–Kier alpha value is -2.55. The molecule has 1 atom stereocenters. The standard InChI is InChI=1S/C15H15F3N2O4/c1-9-6-13(24-20-9)14(22)19-7-11(21)8-23-12-4-2-10(3-5-12)15(16,17)18/h2-6,11,21H,7-8H2,1H3,(H,19,22)/t11-/m0/s1. The maximum Gasteiger partial charge on any atom is 0.416 e. The third kappa shape index (κ3) is 4.98. The number of benzene rings is 1. The summed E-state index contributed by atoms with van der Waals surface area (Å²) in [7, 11) is 0. The Labute approximate surface area is 135 Å². The van der Waals surface area contributed by atoms with Crippen LogP contribution in [0.2, 0.25) is 0 Å². The monoisotopic (exact) mass is 344 g/mol. The van der Waals surface area contributed by atoms with Gasteiger partial charge in [-0.05, 0) is 31.2 Å². The zero-order valence-corrected chi connectivity index (χ0v) is 12.6. The van der Waals surface area contributed by atoms with Crippen LogP contribution in [0.1, 0.15) is 21.8 Å². The molecule has 6 nitrogen and oxygen atoms in total. The number of ether oxygens (including phenoxy) is 1. The minimum Gasteiger partial charge on any atom is -0.491 e. The molecule has 24 heavy (non-hydrogen) atoms. The van der Waals surface area contributed by atoms with Gasteiger partial charge in [-0.15, -0.1) is 0 Å². The number of nitrogens with one attached hydrogen (secondary N) is 1. The predicted molar refractivity (Wildman–Crippen MR) is 76.5 cm³/mol. The van der Waals surface area contributed by atoms with Gasteiger partial charge >= 0.3 is 6.18 Å². The second-order valence-electron chi connectivity index (χ2n) is 5.03. The lowest BCUT2D eigenvalue weighted by Gasteiger charge is -2.13. The molecule has 0 spiro atoms. The minimum absolute atomic E-state index is 0.0170. The van der Waals surface area contributed by atoms with Gasteiger partial charge in [0.1, 0.15) is 18.5 Å². The Bertz CT molecular complexity index is 683. The van der Waals surface area contributed by atoms with Crippen molar-refractivity contribution in [2.45, 2.75) is 19.2 Å². The van der Waals surface area contributed by atoms with Gasteiger partial charge in [-0.25, -0.2) is 0 Å². The molecule has 0 bridgehead atoms. The predicted octanol–water partition coefficient (Wildman–Crippen LogP) is 2.17. The van der Waals surface area contributed by atoms with E-state index in [0.29, 0.717) is 5.69 Å². The molecule has 2 aromatic rings. The van der Waals surface area contributed by atoms with Gasteiger partial charge in [-0.1, -0.05) is 5.16 Å². The molecule has 130 valence electrons. The molecule has 1 aromatic heterocycles. The molecule has 0 aliphatic heterocycles. The summed E-state index contributed by atoms with van der Waals surface area (Å²) in [6.45, 7) is 1.35. The number of hydrogen-bond donors (Lipinski definition) is 2. The van der Waals surface area contributed by atoms with Crippen LogP contribution >= 0.6 is 0 Å².